The van der Waals surface area contributed by atoms with Gasteiger partial charge in [-0.1, -0.05) is 0 Å². The zero-order valence-electron chi connectivity index (χ0n) is 5.50. The Hall–Kier alpha value is -0.970. The Bertz CT molecular complexity index is 274. The molecule has 0 saturated carbocycles. The number of ether oxygens (including phenoxy) is 2. The molecule has 0 unspecified atom stereocenters. The van der Waals surface area contributed by atoms with Crippen LogP contribution in [0.1, 0.15) is 0 Å². The van der Waals surface area contributed by atoms with E-state index in [1.165, 1.54) is 0 Å². The van der Waals surface area contributed by atoms with E-state index in [1.54, 1.807) is 6.07 Å². The third-order valence-electron chi connectivity index (χ3n) is 1.35. The van der Waals surface area contributed by atoms with Crippen molar-refractivity contribution >= 4 is 21.7 Å². The number of rotatable bonds is 0. The minimum absolute atomic E-state index is 0.220. The summed E-state index contributed by atoms with van der Waals surface area (Å²) in [4.78, 5) is 3.94. The van der Waals surface area contributed by atoms with Crippen LogP contribution in [-0.2, 0) is 0 Å². The summed E-state index contributed by atoms with van der Waals surface area (Å²) < 4.78 is 10.8. The van der Waals surface area contributed by atoms with Crippen molar-refractivity contribution in [3.8, 4) is 11.6 Å². The molecule has 0 amide bonds. The van der Waals surface area contributed by atoms with Gasteiger partial charge in [-0.15, -0.1) is 0 Å². The lowest BCUT2D eigenvalue weighted by atomic mass is 10.4. The van der Waals surface area contributed by atoms with Crippen LogP contribution in [0.3, 0.4) is 0 Å². The summed E-state index contributed by atoms with van der Waals surface area (Å²) in [5.41, 5.74) is 5.50. The molecule has 58 valence electrons. The van der Waals surface area contributed by atoms with E-state index < -0.39 is 0 Å². The molecule has 4 nitrogen and oxygen atoms in total. The van der Waals surface area contributed by atoms with Crippen LogP contribution in [0.15, 0.2) is 10.5 Å². The Morgan fingerprint density at radius 3 is 3.18 bits per heavy atom. The van der Waals surface area contributed by atoms with E-state index in [0.29, 0.717) is 17.4 Å². The zero-order chi connectivity index (χ0) is 7.84. The van der Waals surface area contributed by atoms with Gasteiger partial charge in [-0.3, -0.25) is 0 Å². The Morgan fingerprint density at radius 1 is 1.55 bits per heavy atom. The lowest BCUT2D eigenvalue weighted by Crippen LogP contribution is -1.94. The maximum absolute atomic E-state index is 5.50. The Morgan fingerprint density at radius 2 is 2.36 bits per heavy atom. The number of nitrogen functional groups attached to an aromatic ring is 1. The van der Waals surface area contributed by atoms with Gasteiger partial charge in [-0.05, 0) is 15.9 Å². The molecule has 0 radical (unpaired) electrons. The number of aromatic nitrogens is 1. The number of nitrogens with zero attached hydrogens (tertiary/aromatic N) is 1. The van der Waals surface area contributed by atoms with Crippen LogP contribution in [0.4, 0.5) is 5.82 Å². The SMILES string of the molecule is Nc1nc2c(cc1Br)OCO2. The van der Waals surface area contributed by atoms with Gasteiger partial charge >= 0.3 is 0 Å². The number of fused-ring (bicyclic) bond motifs is 1. The number of anilines is 1. The molecule has 2 heterocycles. The number of hydrogen-bond donors (Lipinski definition) is 1. The zero-order valence-corrected chi connectivity index (χ0v) is 7.09. The van der Waals surface area contributed by atoms with E-state index in [-0.39, 0.29) is 6.79 Å². The maximum atomic E-state index is 5.50. The van der Waals surface area contributed by atoms with Crippen LogP contribution in [0.2, 0.25) is 0 Å². The second-order valence-electron chi connectivity index (χ2n) is 2.07. The summed E-state index contributed by atoms with van der Waals surface area (Å²) in [6, 6.07) is 1.74. The number of hydrogen-bond acceptors (Lipinski definition) is 4. The molecule has 1 aromatic heterocycles. The van der Waals surface area contributed by atoms with Crippen LogP contribution in [0.25, 0.3) is 0 Å². The molecular formula is C6H5BrN2O2. The molecule has 1 aliphatic heterocycles. The number of nitrogens with two attached hydrogens (primary N) is 1. The van der Waals surface area contributed by atoms with Crippen molar-refractivity contribution in [2.24, 2.45) is 0 Å². The van der Waals surface area contributed by atoms with E-state index in [1.807, 2.05) is 0 Å². The third-order valence-corrected chi connectivity index (χ3v) is 1.98. The van der Waals surface area contributed by atoms with Crippen LogP contribution < -0.4 is 15.2 Å². The Labute approximate surface area is 71.4 Å². The molecule has 2 rings (SSSR count). The van der Waals surface area contributed by atoms with Crippen molar-refractivity contribution in [3.63, 3.8) is 0 Å². The fraction of sp³-hybridized carbons (Fsp3) is 0.167. The van der Waals surface area contributed by atoms with Crippen molar-refractivity contribution in [1.82, 2.24) is 4.98 Å². The highest BCUT2D eigenvalue weighted by Gasteiger charge is 2.16. The van der Waals surface area contributed by atoms with Crippen molar-refractivity contribution in [2.75, 3.05) is 12.5 Å². The van der Waals surface area contributed by atoms with Crippen molar-refractivity contribution < 1.29 is 9.47 Å². The van der Waals surface area contributed by atoms with Crippen LogP contribution >= 0.6 is 15.9 Å². The van der Waals surface area contributed by atoms with Gasteiger partial charge in [0, 0.05) is 6.07 Å². The van der Waals surface area contributed by atoms with E-state index in [0.717, 1.165) is 4.47 Å². The molecule has 0 aliphatic carbocycles. The number of halogens is 1. The second kappa shape index (κ2) is 2.27. The highest BCUT2D eigenvalue weighted by molar-refractivity contribution is 9.10. The summed E-state index contributed by atoms with van der Waals surface area (Å²) in [6.45, 7) is 0.220. The molecule has 0 aromatic carbocycles. The predicted molar refractivity (Wildman–Crippen MR) is 42.5 cm³/mol. The van der Waals surface area contributed by atoms with Gasteiger partial charge < -0.3 is 15.2 Å². The summed E-state index contributed by atoms with van der Waals surface area (Å²) in [6.07, 6.45) is 0. The van der Waals surface area contributed by atoms with E-state index in [4.69, 9.17) is 15.2 Å². The van der Waals surface area contributed by atoms with E-state index >= 15 is 0 Å². The molecule has 0 fully saturated rings. The summed E-state index contributed by atoms with van der Waals surface area (Å²) in [7, 11) is 0. The first kappa shape index (κ1) is 6.72. The molecule has 0 atom stereocenters. The molecule has 0 saturated heterocycles. The molecule has 2 N–H and O–H groups in total. The minimum Gasteiger partial charge on any atom is -0.452 e. The average Bonchev–Trinajstić information content (AvgIpc) is 2.36. The van der Waals surface area contributed by atoms with Crippen LogP contribution in [0.5, 0.6) is 11.6 Å². The fourth-order valence-electron chi connectivity index (χ4n) is 0.824. The van der Waals surface area contributed by atoms with E-state index in [9.17, 15) is 0 Å². The van der Waals surface area contributed by atoms with Gasteiger partial charge in [0.15, 0.2) is 5.75 Å². The van der Waals surface area contributed by atoms with Crippen molar-refractivity contribution in [3.05, 3.63) is 10.5 Å². The molecule has 0 bridgehead atoms. The van der Waals surface area contributed by atoms with Gasteiger partial charge in [-0.25, -0.2) is 0 Å². The van der Waals surface area contributed by atoms with Gasteiger partial charge in [0.1, 0.15) is 5.82 Å². The van der Waals surface area contributed by atoms with Gasteiger partial charge in [0.05, 0.1) is 4.47 Å². The normalized spacial score (nSPS) is 13.5. The van der Waals surface area contributed by atoms with Crippen molar-refractivity contribution in [2.45, 2.75) is 0 Å². The van der Waals surface area contributed by atoms with Crippen LogP contribution in [0, 0.1) is 0 Å². The third kappa shape index (κ3) is 1.01. The summed E-state index contributed by atoms with van der Waals surface area (Å²) >= 11 is 3.23. The molecule has 11 heavy (non-hydrogen) atoms. The molecule has 0 spiro atoms. The minimum atomic E-state index is 0.220. The van der Waals surface area contributed by atoms with Gasteiger partial charge in [-0.2, -0.15) is 4.98 Å². The highest BCUT2D eigenvalue weighted by Crippen LogP contribution is 2.34. The smallest absolute Gasteiger partial charge is 0.262 e. The van der Waals surface area contributed by atoms with Gasteiger partial charge in [0.2, 0.25) is 6.79 Å². The molecular weight excluding hydrogens is 212 g/mol. The summed E-state index contributed by atoms with van der Waals surface area (Å²) in [5.74, 6) is 1.51. The quantitative estimate of drug-likeness (QED) is 0.708. The lowest BCUT2D eigenvalue weighted by Gasteiger charge is -1.98. The first-order chi connectivity index (χ1) is 5.27. The predicted octanol–water partition coefficient (Wildman–Crippen LogP) is 1.16. The average molecular weight is 217 g/mol. The largest absolute Gasteiger partial charge is 0.452 e. The second-order valence-corrected chi connectivity index (χ2v) is 2.92. The van der Waals surface area contributed by atoms with Crippen LogP contribution in [-0.4, -0.2) is 11.8 Å². The molecule has 5 heteroatoms. The monoisotopic (exact) mass is 216 g/mol. The molecule has 1 aliphatic rings. The Balaban J connectivity index is 2.57. The van der Waals surface area contributed by atoms with E-state index in [2.05, 4.69) is 20.9 Å². The standard InChI is InChI=1S/C6H5BrN2O2/c7-3-1-4-6(9-5(3)8)11-2-10-4/h1H,2H2,(H2,8,9). The summed E-state index contributed by atoms with van der Waals surface area (Å²) in [5, 5.41) is 0. The fourth-order valence-corrected chi connectivity index (χ4v) is 1.12. The maximum Gasteiger partial charge on any atom is 0.262 e. The van der Waals surface area contributed by atoms with Crippen molar-refractivity contribution in [1.29, 1.82) is 0 Å². The molecule has 1 aromatic rings. The first-order valence-corrected chi connectivity index (χ1v) is 3.78. The first-order valence-electron chi connectivity index (χ1n) is 2.99. The lowest BCUT2D eigenvalue weighted by molar-refractivity contribution is 0.171. The Kier molecular flexibility index (Phi) is 1.38. The highest BCUT2D eigenvalue weighted by atomic mass is 79.9. The number of pyridine rings is 1. The topological polar surface area (TPSA) is 57.4 Å². The van der Waals surface area contributed by atoms with Gasteiger partial charge in [0.25, 0.3) is 5.88 Å².